The summed E-state index contributed by atoms with van der Waals surface area (Å²) in [5, 5.41) is 2.29. The van der Waals surface area contributed by atoms with Crippen molar-refractivity contribution in [3.05, 3.63) is 158 Å². The minimum atomic E-state index is 0.699. The minimum absolute atomic E-state index is 0.699. The molecule has 6 heteroatoms. The molecule has 0 aliphatic rings. The molecule has 0 unspecified atom stereocenters. The lowest BCUT2D eigenvalue weighted by molar-refractivity contribution is 1.23. The van der Waals surface area contributed by atoms with Crippen LogP contribution in [0.2, 0.25) is 0 Å². The average molecular weight is 675 g/mol. The van der Waals surface area contributed by atoms with Gasteiger partial charge in [-0.05, 0) is 23.3 Å². The summed E-state index contributed by atoms with van der Waals surface area (Å²) in [6.45, 7) is 0. The Morgan fingerprint density at radius 1 is 0.320 bits per heavy atom. The molecule has 6 aromatic carbocycles. The van der Waals surface area contributed by atoms with E-state index in [0.717, 1.165) is 76.0 Å². The van der Waals surface area contributed by atoms with Crippen LogP contribution >= 0.6 is 22.7 Å². The van der Waals surface area contributed by atoms with Gasteiger partial charge >= 0.3 is 0 Å². The molecular formula is C44H26N4S2. The SMILES string of the molecule is c1ccc(-c2nc(-c3ccccc3-c3ccccc3-c3nc(-c4ccccc4)c4sc5ccccc5c4n3)c3sc4ccccc4c3n2)cc1. The minimum Gasteiger partial charge on any atom is -0.226 e. The van der Waals surface area contributed by atoms with Gasteiger partial charge in [0.1, 0.15) is 0 Å². The van der Waals surface area contributed by atoms with Crippen LogP contribution in [0.25, 0.3) is 97.0 Å². The van der Waals surface area contributed by atoms with Gasteiger partial charge in [-0.2, -0.15) is 0 Å². The van der Waals surface area contributed by atoms with Crippen LogP contribution in [0, 0.1) is 0 Å². The summed E-state index contributed by atoms with van der Waals surface area (Å²) in [6.07, 6.45) is 0. The van der Waals surface area contributed by atoms with Crippen LogP contribution in [0.4, 0.5) is 0 Å². The highest BCUT2D eigenvalue weighted by molar-refractivity contribution is 7.26. The van der Waals surface area contributed by atoms with Crippen molar-refractivity contribution in [2.75, 3.05) is 0 Å². The second-order valence-corrected chi connectivity index (χ2v) is 14.3. The van der Waals surface area contributed by atoms with E-state index in [1.807, 2.05) is 24.3 Å². The van der Waals surface area contributed by atoms with E-state index in [1.165, 1.54) is 9.40 Å². The second kappa shape index (κ2) is 11.8. The van der Waals surface area contributed by atoms with Crippen molar-refractivity contribution < 1.29 is 0 Å². The van der Waals surface area contributed by atoms with Gasteiger partial charge in [0.15, 0.2) is 11.6 Å². The third-order valence-corrected chi connectivity index (χ3v) is 11.5. The van der Waals surface area contributed by atoms with E-state index in [-0.39, 0.29) is 0 Å². The van der Waals surface area contributed by atoms with E-state index in [9.17, 15) is 0 Å². The maximum atomic E-state index is 5.33. The normalized spacial score (nSPS) is 11.6. The molecule has 4 aromatic heterocycles. The van der Waals surface area contributed by atoms with E-state index in [0.29, 0.717) is 11.6 Å². The lowest BCUT2D eigenvalue weighted by Gasteiger charge is -2.15. The topological polar surface area (TPSA) is 51.6 Å². The van der Waals surface area contributed by atoms with Crippen LogP contribution in [-0.2, 0) is 0 Å². The van der Waals surface area contributed by atoms with Crippen LogP contribution in [0.5, 0.6) is 0 Å². The number of hydrogen-bond acceptors (Lipinski definition) is 6. The van der Waals surface area contributed by atoms with Gasteiger partial charge in [0.25, 0.3) is 0 Å². The van der Waals surface area contributed by atoms with Crippen molar-refractivity contribution in [1.82, 2.24) is 19.9 Å². The second-order valence-electron chi connectivity index (χ2n) is 12.2. The molecule has 4 nitrogen and oxygen atoms in total. The van der Waals surface area contributed by atoms with Gasteiger partial charge in [-0.3, -0.25) is 0 Å². The number of rotatable bonds is 5. The highest BCUT2D eigenvalue weighted by atomic mass is 32.1. The van der Waals surface area contributed by atoms with Crippen LogP contribution < -0.4 is 0 Å². The molecule has 0 fully saturated rings. The summed E-state index contributed by atoms with van der Waals surface area (Å²) in [5.41, 5.74) is 10.0. The van der Waals surface area contributed by atoms with Crippen LogP contribution in [0.3, 0.4) is 0 Å². The molecule has 0 saturated carbocycles. The third kappa shape index (κ3) is 4.72. The molecule has 0 bridgehead atoms. The Bertz CT molecular complexity index is 2880. The standard InChI is InChI=1S/C44H26N4S2/c1-3-15-27(16-4-1)37-41-39(33-23-11-13-25-35(33)49-41)48-44(45-37)32-22-10-8-20-30(32)29-19-7-9-21-31(29)38-42-40(34-24-12-14-26-36(34)50-42)47-43(46-38)28-17-5-2-6-18-28/h1-26H. The maximum Gasteiger partial charge on any atom is 0.161 e. The Morgan fingerprint density at radius 3 is 1.40 bits per heavy atom. The lowest BCUT2D eigenvalue weighted by Crippen LogP contribution is -1.97. The zero-order valence-corrected chi connectivity index (χ0v) is 28.2. The van der Waals surface area contributed by atoms with Gasteiger partial charge < -0.3 is 0 Å². The largest absolute Gasteiger partial charge is 0.226 e. The van der Waals surface area contributed by atoms with Crippen molar-refractivity contribution >= 4 is 63.3 Å². The highest BCUT2D eigenvalue weighted by Gasteiger charge is 2.22. The van der Waals surface area contributed by atoms with E-state index in [2.05, 4.69) is 133 Å². The van der Waals surface area contributed by atoms with Gasteiger partial charge in [0.05, 0.1) is 31.8 Å². The average Bonchev–Trinajstić information content (AvgIpc) is 3.76. The Morgan fingerprint density at radius 2 is 0.760 bits per heavy atom. The summed E-state index contributed by atoms with van der Waals surface area (Å²) in [5.74, 6) is 1.41. The molecule has 4 heterocycles. The molecule has 0 atom stereocenters. The highest BCUT2D eigenvalue weighted by Crippen LogP contribution is 2.45. The molecule has 0 aliphatic carbocycles. The first kappa shape index (κ1) is 28.9. The number of benzene rings is 6. The Balaban J connectivity index is 1.24. The molecule has 0 radical (unpaired) electrons. The molecule has 0 saturated heterocycles. The quantitative estimate of drug-likeness (QED) is 0.182. The van der Waals surface area contributed by atoms with Crippen LogP contribution in [0.1, 0.15) is 0 Å². The first-order valence-corrected chi connectivity index (χ1v) is 18.1. The van der Waals surface area contributed by atoms with Crippen LogP contribution in [-0.4, -0.2) is 19.9 Å². The molecule has 0 spiro atoms. The van der Waals surface area contributed by atoms with Gasteiger partial charge in [-0.15, -0.1) is 22.7 Å². The van der Waals surface area contributed by atoms with E-state index >= 15 is 0 Å². The molecular weight excluding hydrogens is 649 g/mol. The van der Waals surface area contributed by atoms with Gasteiger partial charge in [-0.25, -0.2) is 19.9 Å². The predicted octanol–water partition coefficient (Wildman–Crippen LogP) is 12.3. The molecule has 10 rings (SSSR count). The molecule has 0 N–H and O–H groups in total. The zero-order valence-electron chi connectivity index (χ0n) is 26.6. The Hall–Kier alpha value is -6.08. The number of nitrogens with zero attached hydrogens (tertiary/aromatic N) is 4. The molecule has 10 aromatic rings. The fourth-order valence-electron chi connectivity index (χ4n) is 6.83. The van der Waals surface area contributed by atoms with Crippen molar-refractivity contribution in [3.8, 4) is 56.4 Å². The first-order chi connectivity index (χ1) is 24.8. The smallest absolute Gasteiger partial charge is 0.161 e. The first-order valence-electron chi connectivity index (χ1n) is 16.5. The van der Waals surface area contributed by atoms with E-state index in [4.69, 9.17) is 19.9 Å². The fraction of sp³-hybridized carbons (Fsp3) is 0. The molecule has 234 valence electrons. The summed E-state index contributed by atoms with van der Waals surface area (Å²) >= 11 is 3.50. The van der Waals surface area contributed by atoms with E-state index in [1.54, 1.807) is 22.7 Å². The van der Waals surface area contributed by atoms with Crippen molar-refractivity contribution in [2.45, 2.75) is 0 Å². The van der Waals surface area contributed by atoms with Crippen molar-refractivity contribution in [2.24, 2.45) is 0 Å². The zero-order chi connectivity index (χ0) is 33.0. The van der Waals surface area contributed by atoms with Gasteiger partial charge in [-0.1, -0.05) is 146 Å². The number of fused-ring (bicyclic) bond motifs is 6. The van der Waals surface area contributed by atoms with Crippen LogP contribution in [0.15, 0.2) is 158 Å². The lowest BCUT2D eigenvalue weighted by atomic mass is 9.93. The fourth-order valence-corrected chi connectivity index (χ4v) is 9.13. The number of hydrogen-bond donors (Lipinski definition) is 0. The van der Waals surface area contributed by atoms with E-state index < -0.39 is 0 Å². The van der Waals surface area contributed by atoms with Gasteiger partial charge in [0.2, 0.25) is 0 Å². The molecule has 0 aliphatic heterocycles. The number of thiophene rings is 2. The molecule has 0 amide bonds. The summed E-state index contributed by atoms with van der Waals surface area (Å²) in [7, 11) is 0. The summed E-state index contributed by atoms with van der Waals surface area (Å²) in [6, 6.07) is 54.8. The molecule has 50 heavy (non-hydrogen) atoms. The monoisotopic (exact) mass is 674 g/mol. The van der Waals surface area contributed by atoms with Crippen molar-refractivity contribution in [3.63, 3.8) is 0 Å². The van der Waals surface area contributed by atoms with Gasteiger partial charge in [0, 0.05) is 42.4 Å². The number of aromatic nitrogens is 4. The Labute approximate surface area is 296 Å². The summed E-state index contributed by atoms with van der Waals surface area (Å²) < 4.78 is 4.57. The van der Waals surface area contributed by atoms with Crippen molar-refractivity contribution in [1.29, 1.82) is 0 Å². The summed E-state index contributed by atoms with van der Waals surface area (Å²) in [4.78, 5) is 21.1. The Kier molecular flexibility index (Phi) is 6.82. The maximum absolute atomic E-state index is 5.33. The third-order valence-electron chi connectivity index (χ3n) is 9.16. The predicted molar refractivity (Wildman–Crippen MR) is 211 cm³/mol.